The summed E-state index contributed by atoms with van der Waals surface area (Å²) in [6, 6.07) is 38.1. The normalized spacial score (nSPS) is 11.6. The van der Waals surface area contributed by atoms with Crippen LogP contribution in [-0.4, -0.2) is 15.9 Å². The minimum absolute atomic E-state index is 0.307. The molecule has 1 atom stereocenters. The SMILES string of the molecule is Cc1cc([C@H](C#N)c2ccc(Cl)cc2)c(Cl)cc1NC(=O)c1ccc2nc(-c3ccccc3)c(-c3ccccc3)nc2c1. The number of carbonyl (C=O) groups excluding carboxylic acids is 1. The molecule has 6 rings (SSSR count). The minimum atomic E-state index is -0.577. The summed E-state index contributed by atoms with van der Waals surface area (Å²) < 4.78 is 0. The minimum Gasteiger partial charge on any atom is -0.322 e. The molecule has 0 aliphatic rings. The number of aryl methyl sites for hydroxylation is 1. The predicted octanol–water partition coefficient (Wildman–Crippen LogP) is 9.49. The second-order valence-corrected chi connectivity index (χ2v) is 11.0. The van der Waals surface area contributed by atoms with Crippen molar-refractivity contribution in [3.8, 4) is 28.6 Å². The number of aromatic nitrogens is 2. The number of rotatable bonds is 6. The molecular formula is C36H24Cl2N4O. The highest BCUT2D eigenvalue weighted by Crippen LogP contribution is 2.35. The van der Waals surface area contributed by atoms with Crippen LogP contribution in [0.4, 0.5) is 5.69 Å². The first-order valence-electron chi connectivity index (χ1n) is 13.6. The summed E-state index contributed by atoms with van der Waals surface area (Å²) >= 11 is 12.7. The van der Waals surface area contributed by atoms with Gasteiger partial charge in [-0.25, -0.2) is 9.97 Å². The first-order chi connectivity index (χ1) is 20.9. The highest BCUT2D eigenvalue weighted by molar-refractivity contribution is 6.32. The molecule has 0 unspecified atom stereocenters. The monoisotopic (exact) mass is 598 g/mol. The number of amides is 1. The van der Waals surface area contributed by atoms with Crippen molar-refractivity contribution in [1.29, 1.82) is 5.26 Å². The number of nitrogens with zero attached hydrogens (tertiary/aromatic N) is 3. The standard InChI is InChI=1S/C36H24Cl2N4O/c1-22-18-28(29(21-39)23-12-15-27(37)16-13-23)30(38)20-32(22)42-36(43)26-14-17-31-33(19-26)41-35(25-10-6-3-7-11-25)34(40-31)24-8-4-2-5-9-24/h2-20,29H,1H3,(H,42,43)/t29-/m1/s1. The molecule has 43 heavy (non-hydrogen) atoms. The van der Waals surface area contributed by atoms with Crippen molar-refractivity contribution in [2.24, 2.45) is 0 Å². The van der Waals surface area contributed by atoms with Crippen LogP contribution in [0.2, 0.25) is 10.0 Å². The first-order valence-corrected chi connectivity index (χ1v) is 14.4. The quantitative estimate of drug-likeness (QED) is 0.207. The van der Waals surface area contributed by atoms with Crippen molar-refractivity contribution >= 4 is 45.8 Å². The fourth-order valence-corrected chi connectivity index (χ4v) is 5.42. The summed E-state index contributed by atoms with van der Waals surface area (Å²) in [6.07, 6.45) is 0. The van der Waals surface area contributed by atoms with Crippen LogP contribution < -0.4 is 5.32 Å². The molecule has 1 aromatic heterocycles. The van der Waals surface area contributed by atoms with E-state index in [4.69, 9.17) is 33.2 Å². The van der Waals surface area contributed by atoms with Crippen LogP contribution in [0, 0.1) is 18.3 Å². The Morgan fingerprint density at radius 2 is 1.37 bits per heavy atom. The molecule has 0 spiro atoms. The summed E-state index contributed by atoms with van der Waals surface area (Å²) in [5, 5.41) is 13.9. The van der Waals surface area contributed by atoms with Gasteiger partial charge in [-0.1, -0.05) is 102 Å². The van der Waals surface area contributed by atoms with E-state index in [1.165, 1.54) is 0 Å². The molecule has 0 aliphatic heterocycles. The number of fused-ring (bicyclic) bond motifs is 1. The zero-order chi connectivity index (χ0) is 29.9. The van der Waals surface area contributed by atoms with Gasteiger partial charge >= 0.3 is 0 Å². The van der Waals surface area contributed by atoms with E-state index in [2.05, 4.69) is 11.4 Å². The van der Waals surface area contributed by atoms with Gasteiger partial charge in [0.1, 0.15) is 0 Å². The summed E-state index contributed by atoms with van der Waals surface area (Å²) in [5.74, 6) is -0.884. The molecule has 0 fully saturated rings. The summed E-state index contributed by atoms with van der Waals surface area (Å²) in [7, 11) is 0. The largest absolute Gasteiger partial charge is 0.322 e. The fraction of sp³-hybridized carbons (Fsp3) is 0.0556. The molecule has 6 aromatic rings. The number of hydrogen-bond acceptors (Lipinski definition) is 4. The zero-order valence-electron chi connectivity index (χ0n) is 23.1. The Kier molecular flexibility index (Phi) is 7.89. The smallest absolute Gasteiger partial charge is 0.255 e. The van der Waals surface area contributed by atoms with Gasteiger partial charge in [-0.2, -0.15) is 5.26 Å². The fourth-order valence-electron chi connectivity index (χ4n) is 5.02. The van der Waals surface area contributed by atoms with Crippen LogP contribution in [-0.2, 0) is 0 Å². The molecule has 208 valence electrons. The Balaban J connectivity index is 1.33. The third kappa shape index (κ3) is 5.85. The Morgan fingerprint density at radius 1 is 0.767 bits per heavy atom. The molecule has 7 heteroatoms. The van der Waals surface area contributed by atoms with Gasteiger partial charge in [0.25, 0.3) is 5.91 Å². The van der Waals surface area contributed by atoms with E-state index >= 15 is 0 Å². The van der Waals surface area contributed by atoms with Crippen LogP contribution in [0.15, 0.2) is 115 Å². The molecule has 5 nitrogen and oxygen atoms in total. The van der Waals surface area contributed by atoms with E-state index in [0.717, 1.165) is 33.6 Å². The average molecular weight is 600 g/mol. The molecule has 0 aliphatic carbocycles. The van der Waals surface area contributed by atoms with E-state index in [1.807, 2.05) is 91.9 Å². The number of carbonyl (C=O) groups is 1. The number of nitrogens with one attached hydrogen (secondary N) is 1. The van der Waals surface area contributed by atoms with E-state index < -0.39 is 5.92 Å². The molecule has 5 aromatic carbocycles. The zero-order valence-corrected chi connectivity index (χ0v) is 24.6. The average Bonchev–Trinajstić information content (AvgIpc) is 3.04. The predicted molar refractivity (Wildman–Crippen MR) is 173 cm³/mol. The van der Waals surface area contributed by atoms with Gasteiger partial charge in [-0.15, -0.1) is 0 Å². The third-order valence-corrected chi connectivity index (χ3v) is 7.84. The second-order valence-electron chi connectivity index (χ2n) is 10.1. The number of nitriles is 1. The van der Waals surface area contributed by atoms with E-state index in [9.17, 15) is 10.1 Å². The second kappa shape index (κ2) is 12.1. The van der Waals surface area contributed by atoms with Gasteiger partial charge in [-0.3, -0.25) is 4.79 Å². The summed E-state index contributed by atoms with van der Waals surface area (Å²) in [6.45, 7) is 1.87. The molecule has 1 N–H and O–H groups in total. The lowest BCUT2D eigenvalue weighted by Gasteiger charge is -2.16. The molecule has 0 radical (unpaired) electrons. The maximum Gasteiger partial charge on any atom is 0.255 e. The molecule has 0 saturated heterocycles. The third-order valence-electron chi connectivity index (χ3n) is 7.26. The highest BCUT2D eigenvalue weighted by Gasteiger charge is 2.20. The van der Waals surface area contributed by atoms with Crippen molar-refractivity contribution in [1.82, 2.24) is 9.97 Å². The van der Waals surface area contributed by atoms with Gasteiger partial charge < -0.3 is 5.32 Å². The van der Waals surface area contributed by atoms with Crippen molar-refractivity contribution in [2.75, 3.05) is 5.32 Å². The Labute approximate surface area is 259 Å². The van der Waals surface area contributed by atoms with Crippen LogP contribution in [0.5, 0.6) is 0 Å². The maximum absolute atomic E-state index is 13.4. The summed E-state index contributed by atoms with van der Waals surface area (Å²) in [4.78, 5) is 23.4. The molecule has 0 bridgehead atoms. The molecular weight excluding hydrogens is 575 g/mol. The lowest BCUT2D eigenvalue weighted by Crippen LogP contribution is -2.13. The first kappa shape index (κ1) is 28.1. The summed E-state index contributed by atoms with van der Waals surface area (Å²) in [5.41, 5.74) is 7.91. The Bertz CT molecular complexity index is 2000. The van der Waals surface area contributed by atoms with Crippen molar-refractivity contribution in [2.45, 2.75) is 12.8 Å². The number of hydrogen-bond donors (Lipinski definition) is 1. The van der Waals surface area contributed by atoms with Crippen molar-refractivity contribution in [3.05, 3.63) is 148 Å². The van der Waals surface area contributed by atoms with Gasteiger partial charge in [0.2, 0.25) is 0 Å². The van der Waals surface area contributed by atoms with Gasteiger partial charge in [-0.05, 0) is 60.0 Å². The lowest BCUT2D eigenvalue weighted by atomic mass is 9.91. The number of halogens is 2. The topological polar surface area (TPSA) is 78.7 Å². The highest BCUT2D eigenvalue weighted by atomic mass is 35.5. The molecule has 1 amide bonds. The van der Waals surface area contributed by atoms with E-state index in [1.54, 1.807) is 30.3 Å². The van der Waals surface area contributed by atoms with Crippen molar-refractivity contribution < 1.29 is 4.79 Å². The van der Waals surface area contributed by atoms with Gasteiger partial charge in [0.15, 0.2) is 0 Å². The molecule has 1 heterocycles. The van der Waals surface area contributed by atoms with Crippen LogP contribution >= 0.6 is 23.2 Å². The molecule has 0 saturated carbocycles. The van der Waals surface area contributed by atoms with Gasteiger partial charge in [0.05, 0.1) is 34.4 Å². The van der Waals surface area contributed by atoms with Crippen LogP contribution in [0.1, 0.15) is 33.0 Å². The Hall–Kier alpha value is -5.02. The van der Waals surface area contributed by atoms with Crippen LogP contribution in [0.3, 0.4) is 0 Å². The van der Waals surface area contributed by atoms with Crippen molar-refractivity contribution in [3.63, 3.8) is 0 Å². The maximum atomic E-state index is 13.4. The van der Waals surface area contributed by atoms with E-state index in [0.29, 0.717) is 37.9 Å². The Morgan fingerprint density at radius 3 is 1.98 bits per heavy atom. The lowest BCUT2D eigenvalue weighted by molar-refractivity contribution is 0.102. The number of anilines is 1. The van der Waals surface area contributed by atoms with E-state index in [-0.39, 0.29) is 5.91 Å². The van der Waals surface area contributed by atoms with Crippen LogP contribution in [0.25, 0.3) is 33.5 Å². The van der Waals surface area contributed by atoms with Gasteiger partial charge in [0, 0.05) is 32.4 Å². The number of benzene rings is 5.